The summed E-state index contributed by atoms with van der Waals surface area (Å²) in [4.78, 5) is 23.0. The SMILES string of the molecule is O=C(NCc1cccnn1)N[C@H](C(=O)O)c1ccccc1. The number of rotatable bonds is 5. The summed E-state index contributed by atoms with van der Waals surface area (Å²) in [7, 11) is 0. The van der Waals surface area contributed by atoms with Gasteiger partial charge in [0.2, 0.25) is 0 Å². The summed E-state index contributed by atoms with van der Waals surface area (Å²) in [6.07, 6.45) is 1.53. The first kappa shape index (κ1) is 14.4. The Morgan fingerprint density at radius 1 is 1.14 bits per heavy atom. The lowest BCUT2D eigenvalue weighted by Crippen LogP contribution is -2.40. The maximum Gasteiger partial charge on any atom is 0.330 e. The fraction of sp³-hybridized carbons (Fsp3) is 0.143. The van der Waals surface area contributed by atoms with E-state index < -0.39 is 18.0 Å². The maximum atomic E-state index is 11.8. The Kier molecular flexibility index (Phi) is 4.81. The number of hydrogen-bond acceptors (Lipinski definition) is 4. The van der Waals surface area contributed by atoms with Crippen LogP contribution in [0.5, 0.6) is 0 Å². The standard InChI is InChI=1S/C14H14N4O3/c19-13(20)12(10-5-2-1-3-6-10)17-14(21)15-9-11-7-4-8-16-18-11/h1-8,12H,9H2,(H,19,20)(H2,15,17,21)/t12-/m0/s1. The Morgan fingerprint density at radius 3 is 2.52 bits per heavy atom. The fourth-order valence-electron chi connectivity index (χ4n) is 1.71. The van der Waals surface area contributed by atoms with Crippen LogP contribution < -0.4 is 10.6 Å². The molecule has 0 bridgehead atoms. The van der Waals surface area contributed by atoms with Gasteiger partial charge in [0.25, 0.3) is 0 Å². The van der Waals surface area contributed by atoms with Gasteiger partial charge in [-0.15, -0.1) is 0 Å². The lowest BCUT2D eigenvalue weighted by atomic mass is 10.1. The minimum Gasteiger partial charge on any atom is -0.479 e. The number of hydrogen-bond donors (Lipinski definition) is 3. The van der Waals surface area contributed by atoms with E-state index in [2.05, 4.69) is 20.8 Å². The summed E-state index contributed by atoms with van der Waals surface area (Å²) in [5.41, 5.74) is 1.08. The van der Waals surface area contributed by atoms with E-state index in [9.17, 15) is 14.7 Å². The van der Waals surface area contributed by atoms with Gasteiger partial charge in [0.15, 0.2) is 6.04 Å². The number of nitrogens with one attached hydrogen (secondary N) is 2. The highest BCUT2D eigenvalue weighted by Gasteiger charge is 2.21. The number of urea groups is 1. The molecule has 0 fully saturated rings. The van der Waals surface area contributed by atoms with Crippen molar-refractivity contribution in [2.45, 2.75) is 12.6 Å². The average Bonchev–Trinajstić information content (AvgIpc) is 2.52. The summed E-state index contributed by atoms with van der Waals surface area (Å²) in [5.74, 6) is -1.13. The predicted molar refractivity (Wildman–Crippen MR) is 74.2 cm³/mol. The first-order chi connectivity index (χ1) is 10.2. The van der Waals surface area contributed by atoms with Gasteiger partial charge in [-0.05, 0) is 17.7 Å². The molecule has 0 unspecified atom stereocenters. The molecule has 2 aromatic rings. The van der Waals surface area contributed by atoms with Crippen molar-refractivity contribution in [2.75, 3.05) is 0 Å². The van der Waals surface area contributed by atoms with E-state index in [1.54, 1.807) is 42.5 Å². The molecule has 1 atom stereocenters. The molecule has 1 aromatic carbocycles. The van der Waals surface area contributed by atoms with Crippen LogP contribution in [0.15, 0.2) is 48.7 Å². The summed E-state index contributed by atoms with van der Waals surface area (Å²) >= 11 is 0. The highest BCUT2D eigenvalue weighted by atomic mass is 16.4. The third kappa shape index (κ3) is 4.27. The van der Waals surface area contributed by atoms with Crippen LogP contribution in [0.2, 0.25) is 0 Å². The molecular formula is C14H14N4O3. The van der Waals surface area contributed by atoms with Crippen LogP contribution in [0, 0.1) is 0 Å². The van der Waals surface area contributed by atoms with Crippen LogP contribution in [0.4, 0.5) is 4.79 Å². The Bertz CT molecular complexity index is 604. The van der Waals surface area contributed by atoms with E-state index in [0.29, 0.717) is 11.3 Å². The summed E-state index contributed by atoms with van der Waals surface area (Å²) in [5, 5.41) is 21.6. The van der Waals surface area contributed by atoms with Gasteiger partial charge in [-0.25, -0.2) is 9.59 Å². The minimum absolute atomic E-state index is 0.167. The summed E-state index contributed by atoms with van der Waals surface area (Å²) in [6.45, 7) is 0.167. The van der Waals surface area contributed by atoms with Crippen molar-refractivity contribution in [3.05, 3.63) is 59.9 Å². The van der Waals surface area contributed by atoms with Crippen LogP contribution in [0.25, 0.3) is 0 Å². The zero-order chi connectivity index (χ0) is 15.1. The second-order valence-electron chi connectivity index (χ2n) is 4.22. The van der Waals surface area contributed by atoms with Crippen LogP contribution >= 0.6 is 0 Å². The van der Waals surface area contributed by atoms with Gasteiger partial charge < -0.3 is 15.7 Å². The molecule has 7 heteroatoms. The van der Waals surface area contributed by atoms with E-state index >= 15 is 0 Å². The molecule has 0 spiro atoms. The van der Waals surface area contributed by atoms with Crippen LogP contribution in [-0.2, 0) is 11.3 Å². The van der Waals surface area contributed by atoms with Gasteiger partial charge in [-0.3, -0.25) is 0 Å². The molecular weight excluding hydrogens is 272 g/mol. The van der Waals surface area contributed by atoms with Crippen molar-refractivity contribution in [1.82, 2.24) is 20.8 Å². The number of carbonyl (C=O) groups is 2. The zero-order valence-corrected chi connectivity index (χ0v) is 11.1. The molecule has 3 N–H and O–H groups in total. The number of benzene rings is 1. The molecule has 0 saturated carbocycles. The van der Waals surface area contributed by atoms with Crippen LogP contribution in [0.3, 0.4) is 0 Å². The molecule has 108 valence electrons. The topological polar surface area (TPSA) is 104 Å². The second-order valence-corrected chi connectivity index (χ2v) is 4.22. The van der Waals surface area contributed by atoms with Crippen molar-refractivity contribution >= 4 is 12.0 Å². The number of aromatic nitrogens is 2. The molecule has 0 aliphatic carbocycles. The van der Waals surface area contributed by atoms with Crippen molar-refractivity contribution in [3.63, 3.8) is 0 Å². The normalized spacial score (nSPS) is 11.4. The largest absolute Gasteiger partial charge is 0.479 e. The van der Waals surface area contributed by atoms with Gasteiger partial charge in [0, 0.05) is 6.20 Å². The number of aliphatic carboxylic acids is 1. The van der Waals surface area contributed by atoms with Crippen molar-refractivity contribution < 1.29 is 14.7 Å². The Labute approximate surface area is 121 Å². The minimum atomic E-state index is -1.13. The van der Waals surface area contributed by atoms with Gasteiger partial charge in [-0.2, -0.15) is 10.2 Å². The van der Waals surface area contributed by atoms with E-state index in [1.807, 2.05) is 0 Å². The van der Waals surface area contributed by atoms with E-state index in [4.69, 9.17) is 0 Å². The highest BCUT2D eigenvalue weighted by Crippen LogP contribution is 2.12. The van der Waals surface area contributed by atoms with E-state index in [-0.39, 0.29) is 6.54 Å². The molecule has 1 aromatic heterocycles. The van der Waals surface area contributed by atoms with Crippen LogP contribution in [-0.4, -0.2) is 27.3 Å². The number of amides is 2. The molecule has 0 saturated heterocycles. The Morgan fingerprint density at radius 2 is 1.90 bits per heavy atom. The van der Waals surface area contributed by atoms with Gasteiger partial charge in [0.05, 0.1) is 12.2 Å². The lowest BCUT2D eigenvalue weighted by molar-refractivity contribution is -0.139. The van der Waals surface area contributed by atoms with Crippen molar-refractivity contribution in [3.8, 4) is 0 Å². The summed E-state index contributed by atoms with van der Waals surface area (Å²) < 4.78 is 0. The Balaban J connectivity index is 1.95. The quantitative estimate of drug-likeness (QED) is 0.763. The number of carbonyl (C=O) groups excluding carboxylic acids is 1. The fourth-order valence-corrected chi connectivity index (χ4v) is 1.71. The van der Waals surface area contributed by atoms with Crippen LogP contribution in [0.1, 0.15) is 17.3 Å². The first-order valence-electron chi connectivity index (χ1n) is 6.25. The maximum absolute atomic E-state index is 11.8. The molecule has 0 aliphatic rings. The van der Waals surface area contributed by atoms with Gasteiger partial charge in [-0.1, -0.05) is 30.3 Å². The average molecular weight is 286 g/mol. The van der Waals surface area contributed by atoms with Gasteiger partial charge >= 0.3 is 12.0 Å². The second kappa shape index (κ2) is 6.99. The molecule has 0 radical (unpaired) electrons. The van der Waals surface area contributed by atoms with Crippen molar-refractivity contribution in [2.24, 2.45) is 0 Å². The van der Waals surface area contributed by atoms with E-state index in [1.165, 1.54) is 6.20 Å². The number of carboxylic acids is 1. The number of carboxylic acid groups (broad SMARTS) is 1. The predicted octanol–water partition coefficient (Wildman–Crippen LogP) is 1.10. The molecule has 21 heavy (non-hydrogen) atoms. The third-order valence-corrected chi connectivity index (χ3v) is 2.71. The van der Waals surface area contributed by atoms with Gasteiger partial charge in [0.1, 0.15) is 0 Å². The molecule has 0 aliphatic heterocycles. The smallest absolute Gasteiger partial charge is 0.330 e. The summed E-state index contributed by atoms with van der Waals surface area (Å²) in [6, 6.07) is 10.2. The number of nitrogens with zero attached hydrogens (tertiary/aromatic N) is 2. The van der Waals surface area contributed by atoms with E-state index in [0.717, 1.165) is 0 Å². The lowest BCUT2D eigenvalue weighted by Gasteiger charge is -2.15. The molecule has 7 nitrogen and oxygen atoms in total. The van der Waals surface area contributed by atoms with Crippen molar-refractivity contribution in [1.29, 1.82) is 0 Å². The first-order valence-corrected chi connectivity index (χ1v) is 6.25. The Hall–Kier alpha value is -2.96. The molecule has 2 amide bonds. The highest BCUT2D eigenvalue weighted by molar-refractivity contribution is 5.83. The molecule has 1 heterocycles. The third-order valence-electron chi connectivity index (χ3n) is 2.71. The monoisotopic (exact) mass is 286 g/mol. The zero-order valence-electron chi connectivity index (χ0n) is 11.1. The molecule has 2 rings (SSSR count).